The summed E-state index contributed by atoms with van der Waals surface area (Å²) < 4.78 is 10.8. The SMILES string of the molecule is COCCCN(Cc1ccsc1)C[C@H](O)COCc1ccccc1. The quantitative estimate of drug-likeness (QED) is 0.598. The van der Waals surface area contributed by atoms with Crippen molar-refractivity contribution in [3.05, 3.63) is 58.3 Å². The fraction of sp³-hybridized carbons (Fsp3) is 0.474. The number of nitrogens with zero attached hydrogens (tertiary/aromatic N) is 1. The van der Waals surface area contributed by atoms with Gasteiger partial charge in [0.25, 0.3) is 0 Å². The summed E-state index contributed by atoms with van der Waals surface area (Å²) in [6.07, 6.45) is 0.466. The van der Waals surface area contributed by atoms with E-state index in [-0.39, 0.29) is 0 Å². The third kappa shape index (κ3) is 7.55. The smallest absolute Gasteiger partial charge is 0.0900 e. The Balaban J connectivity index is 1.74. The van der Waals surface area contributed by atoms with Crippen molar-refractivity contribution >= 4 is 11.3 Å². The van der Waals surface area contributed by atoms with Gasteiger partial charge in [-0.25, -0.2) is 0 Å². The molecule has 5 heteroatoms. The van der Waals surface area contributed by atoms with Crippen molar-refractivity contribution in [3.8, 4) is 0 Å². The summed E-state index contributed by atoms with van der Waals surface area (Å²) in [5, 5.41) is 14.5. The van der Waals surface area contributed by atoms with Gasteiger partial charge in [-0.05, 0) is 34.4 Å². The average Bonchev–Trinajstić information content (AvgIpc) is 3.09. The molecule has 0 bridgehead atoms. The minimum absolute atomic E-state index is 0.347. The molecule has 0 aliphatic heterocycles. The molecule has 1 aromatic carbocycles. The van der Waals surface area contributed by atoms with Crippen molar-refractivity contribution in [1.82, 2.24) is 4.90 Å². The van der Waals surface area contributed by atoms with Gasteiger partial charge in [-0.15, -0.1) is 0 Å². The molecule has 132 valence electrons. The van der Waals surface area contributed by atoms with Crippen LogP contribution in [0.5, 0.6) is 0 Å². The van der Waals surface area contributed by atoms with Crippen molar-refractivity contribution in [2.75, 3.05) is 33.4 Å². The Morgan fingerprint density at radius 3 is 2.71 bits per heavy atom. The van der Waals surface area contributed by atoms with Gasteiger partial charge >= 0.3 is 0 Å². The van der Waals surface area contributed by atoms with Crippen LogP contribution >= 0.6 is 11.3 Å². The summed E-state index contributed by atoms with van der Waals surface area (Å²) in [7, 11) is 1.72. The highest BCUT2D eigenvalue weighted by molar-refractivity contribution is 7.07. The summed E-state index contributed by atoms with van der Waals surface area (Å²) in [4.78, 5) is 2.26. The second-order valence-electron chi connectivity index (χ2n) is 5.87. The second-order valence-corrected chi connectivity index (χ2v) is 6.65. The van der Waals surface area contributed by atoms with Crippen molar-refractivity contribution < 1.29 is 14.6 Å². The first-order valence-electron chi connectivity index (χ1n) is 8.30. The Bertz CT molecular complexity index is 533. The maximum atomic E-state index is 10.3. The predicted octanol–water partition coefficient (Wildman–Crippen LogP) is 3.16. The van der Waals surface area contributed by atoms with Crippen LogP contribution in [0.3, 0.4) is 0 Å². The number of aliphatic hydroxyl groups excluding tert-OH is 1. The summed E-state index contributed by atoms with van der Waals surface area (Å²) in [6.45, 7) is 3.98. The Morgan fingerprint density at radius 2 is 2.00 bits per heavy atom. The normalized spacial score (nSPS) is 12.6. The molecule has 1 N–H and O–H groups in total. The minimum atomic E-state index is -0.491. The third-order valence-corrected chi connectivity index (χ3v) is 4.43. The van der Waals surface area contributed by atoms with Crippen LogP contribution in [0.1, 0.15) is 17.5 Å². The highest BCUT2D eigenvalue weighted by atomic mass is 32.1. The molecule has 0 saturated heterocycles. The zero-order valence-electron chi connectivity index (χ0n) is 14.3. The Hall–Kier alpha value is -1.24. The summed E-state index contributed by atoms with van der Waals surface area (Å²) in [5.41, 5.74) is 2.41. The maximum Gasteiger partial charge on any atom is 0.0900 e. The Morgan fingerprint density at radius 1 is 1.17 bits per heavy atom. The van der Waals surface area contributed by atoms with Gasteiger partial charge in [0, 0.05) is 33.4 Å². The van der Waals surface area contributed by atoms with Crippen LogP contribution in [-0.4, -0.2) is 49.5 Å². The number of hydrogen-bond donors (Lipinski definition) is 1. The molecule has 2 rings (SSSR count). The number of thiophene rings is 1. The topological polar surface area (TPSA) is 41.9 Å². The van der Waals surface area contributed by atoms with Crippen LogP contribution in [0, 0.1) is 0 Å². The zero-order chi connectivity index (χ0) is 17.0. The van der Waals surface area contributed by atoms with E-state index in [9.17, 15) is 5.11 Å². The van der Waals surface area contributed by atoms with E-state index in [4.69, 9.17) is 9.47 Å². The third-order valence-electron chi connectivity index (χ3n) is 3.70. The molecular formula is C19H27NO3S. The van der Waals surface area contributed by atoms with Gasteiger partial charge in [0.2, 0.25) is 0 Å². The number of hydrogen-bond acceptors (Lipinski definition) is 5. The average molecular weight is 349 g/mol. The zero-order valence-corrected chi connectivity index (χ0v) is 15.1. The van der Waals surface area contributed by atoms with Crippen LogP contribution < -0.4 is 0 Å². The minimum Gasteiger partial charge on any atom is -0.389 e. The molecular weight excluding hydrogens is 322 g/mol. The summed E-state index contributed by atoms with van der Waals surface area (Å²) in [5.74, 6) is 0. The molecule has 0 radical (unpaired) electrons. The lowest BCUT2D eigenvalue weighted by atomic mass is 10.2. The summed E-state index contributed by atoms with van der Waals surface area (Å²) in [6, 6.07) is 12.2. The van der Waals surface area contributed by atoms with Crippen molar-refractivity contribution in [3.63, 3.8) is 0 Å². The Kier molecular flexibility index (Phi) is 9.02. The van der Waals surface area contributed by atoms with Crippen molar-refractivity contribution in [2.45, 2.75) is 25.7 Å². The monoisotopic (exact) mass is 349 g/mol. The standard InChI is InChI=1S/C19H27NO3S/c1-22-10-5-9-20(12-18-8-11-24-16-18)13-19(21)15-23-14-17-6-3-2-4-7-17/h2-4,6-8,11,16,19,21H,5,9-10,12-15H2,1H3/t19-/m0/s1. The van der Waals surface area contributed by atoms with Crippen LogP contribution in [0.15, 0.2) is 47.2 Å². The van der Waals surface area contributed by atoms with Gasteiger partial charge in [-0.1, -0.05) is 30.3 Å². The van der Waals surface area contributed by atoms with E-state index in [0.717, 1.165) is 31.7 Å². The first-order valence-corrected chi connectivity index (χ1v) is 9.24. The lowest BCUT2D eigenvalue weighted by molar-refractivity contribution is 0.00740. The molecule has 0 fully saturated rings. The van der Waals surface area contributed by atoms with Gasteiger partial charge in [0.1, 0.15) is 0 Å². The van der Waals surface area contributed by atoms with E-state index in [1.165, 1.54) is 5.56 Å². The van der Waals surface area contributed by atoms with Gasteiger partial charge < -0.3 is 14.6 Å². The largest absolute Gasteiger partial charge is 0.389 e. The fourth-order valence-corrected chi connectivity index (χ4v) is 3.21. The predicted molar refractivity (Wildman–Crippen MR) is 98.2 cm³/mol. The first kappa shape index (κ1) is 19.1. The number of ether oxygens (including phenoxy) is 2. The molecule has 1 aromatic heterocycles. The van der Waals surface area contributed by atoms with Gasteiger partial charge in [-0.3, -0.25) is 4.90 Å². The molecule has 4 nitrogen and oxygen atoms in total. The first-order chi connectivity index (χ1) is 11.8. The van der Waals surface area contributed by atoms with E-state index in [1.807, 2.05) is 30.3 Å². The maximum absolute atomic E-state index is 10.3. The molecule has 0 spiro atoms. The van der Waals surface area contributed by atoms with E-state index in [0.29, 0.717) is 19.8 Å². The molecule has 0 aliphatic rings. The molecule has 1 heterocycles. The molecule has 0 unspecified atom stereocenters. The molecule has 0 amide bonds. The van der Waals surface area contributed by atoms with Crippen LogP contribution in [0.25, 0.3) is 0 Å². The molecule has 2 aromatic rings. The van der Waals surface area contributed by atoms with Crippen LogP contribution in [-0.2, 0) is 22.6 Å². The van der Waals surface area contributed by atoms with E-state index in [2.05, 4.69) is 21.7 Å². The van der Waals surface area contributed by atoms with Crippen LogP contribution in [0.4, 0.5) is 0 Å². The van der Waals surface area contributed by atoms with E-state index < -0.39 is 6.10 Å². The molecule has 0 aliphatic carbocycles. The molecule has 0 saturated carbocycles. The molecule has 24 heavy (non-hydrogen) atoms. The van der Waals surface area contributed by atoms with Gasteiger partial charge in [0.05, 0.1) is 19.3 Å². The number of aliphatic hydroxyl groups is 1. The summed E-state index contributed by atoms with van der Waals surface area (Å²) >= 11 is 1.70. The Labute approximate surface area is 148 Å². The van der Waals surface area contributed by atoms with Crippen LogP contribution in [0.2, 0.25) is 0 Å². The number of benzene rings is 1. The fourth-order valence-electron chi connectivity index (χ4n) is 2.55. The number of rotatable bonds is 12. The molecule has 1 atom stereocenters. The van der Waals surface area contributed by atoms with E-state index in [1.54, 1.807) is 18.4 Å². The van der Waals surface area contributed by atoms with Gasteiger partial charge in [-0.2, -0.15) is 11.3 Å². The highest BCUT2D eigenvalue weighted by Crippen LogP contribution is 2.11. The lowest BCUT2D eigenvalue weighted by Gasteiger charge is -2.24. The van der Waals surface area contributed by atoms with Gasteiger partial charge in [0.15, 0.2) is 0 Å². The lowest BCUT2D eigenvalue weighted by Crippen LogP contribution is -2.35. The highest BCUT2D eigenvalue weighted by Gasteiger charge is 2.13. The van der Waals surface area contributed by atoms with E-state index >= 15 is 0 Å². The second kappa shape index (κ2) is 11.3. The number of methoxy groups -OCH3 is 1. The van der Waals surface area contributed by atoms with Crippen molar-refractivity contribution in [2.24, 2.45) is 0 Å². The van der Waals surface area contributed by atoms with Crippen molar-refractivity contribution in [1.29, 1.82) is 0 Å².